The normalized spacial score (nSPS) is 10.5. The fraction of sp³-hybridized carbons (Fsp3) is 0.176. The Labute approximate surface area is 143 Å². The summed E-state index contributed by atoms with van der Waals surface area (Å²) >= 11 is 0. The highest BCUT2D eigenvalue weighted by atomic mass is 19.1. The van der Waals surface area contributed by atoms with Crippen LogP contribution in [-0.2, 0) is 6.42 Å². The minimum atomic E-state index is -0.363. The van der Waals surface area contributed by atoms with Gasteiger partial charge in [0.15, 0.2) is 5.82 Å². The SMILES string of the molecule is Cc1cc(Nc2nccc(C(=O)NCCc3ccccc3F)n2)no1. The van der Waals surface area contributed by atoms with Gasteiger partial charge >= 0.3 is 0 Å². The molecule has 0 saturated carbocycles. The Hall–Kier alpha value is -3.29. The van der Waals surface area contributed by atoms with Crippen LogP contribution in [0, 0.1) is 12.7 Å². The topological polar surface area (TPSA) is 92.9 Å². The second-order valence-corrected chi connectivity index (χ2v) is 5.31. The average Bonchev–Trinajstić information content (AvgIpc) is 3.01. The summed E-state index contributed by atoms with van der Waals surface area (Å²) in [5.74, 6) is 0.681. The monoisotopic (exact) mass is 341 g/mol. The lowest BCUT2D eigenvalue weighted by Crippen LogP contribution is -2.27. The molecule has 0 bridgehead atoms. The molecule has 1 aromatic carbocycles. The fourth-order valence-corrected chi connectivity index (χ4v) is 2.19. The van der Waals surface area contributed by atoms with Crippen molar-refractivity contribution in [1.82, 2.24) is 20.4 Å². The number of carbonyl (C=O) groups excluding carboxylic acids is 1. The second-order valence-electron chi connectivity index (χ2n) is 5.31. The van der Waals surface area contributed by atoms with Gasteiger partial charge in [-0.25, -0.2) is 14.4 Å². The van der Waals surface area contributed by atoms with E-state index in [1.807, 2.05) is 0 Å². The first kappa shape index (κ1) is 16.6. The fourth-order valence-electron chi connectivity index (χ4n) is 2.19. The van der Waals surface area contributed by atoms with E-state index in [0.717, 1.165) is 0 Å². The summed E-state index contributed by atoms with van der Waals surface area (Å²) in [7, 11) is 0. The van der Waals surface area contributed by atoms with Gasteiger partial charge in [-0.05, 0) is 31.0 Å². The van der Waals surface area contributed by atoms with Crippen molar-refractivity contribution in [2.75, 3.05) is 11.9 Å². The van der Waals surface area contributed by atoms with Crippen LogP contribution in [0.5, 0.6) is 0 Å². The van der Waals surface area contributed by atoms with Gasteiger partial charge in [0.1, 0.15) is 17.3 Å². The van der Waals surface area contributed by atoms with Crippen LogP contribution in [-0.4, -0.2) is 27.6 Å². The molecule has 0 spiro atoms. The molecule has 7 nitrogen and oxygen atoms in total. The van der Waals surface area contributed by atoms with E-state index in [-0.39, 0.29) is 23.4 Å². The minimum absolute atomic E-state index is 0.200. The Balaban J connectivity index is 1.58. The molecule has 8 heteroatoms. The Morgan fingerprint density at radius 1 is 1.28 bits per heavy atom. The lowest BCUT2D eigenvalue weighted by molar-refractivity contribution is 0.0949. The first-order valence-electron chi connectivity index (χ1n) is 7.67. The molecule has 0 atom stereocenters. The van der Waals surface area contributed by atoms with E-state index in [4.69, 9.17) is 4.52 Å². The summed E-state index contributed by atoms with van der Waals surface area (Å²) in [6.45, 7) is 2.06. The Morgan fingerprint density at radius 3 is 2.88 bits per heavy atom. The molecule has 0 radical (unpaired) electrons. The van der Waals surface area contributed by atoms with Crippen LogP contribution in [0.1, 0.15) is 21.8 Å². The van der Waals surface area contributed by atoms with E-state index in [1.54, 1.807) is 31.2 Å². The third kappa shape index (κ3) is 4.37. The van der Waals surface area contributed by atoms with Crippen molar-refractivity contribution in [3.63, 3.8) is 0 Å². The van der Waals surface area contributed by atoms with Crippen molar-refractivity contribution < 1.29 is 13.7 Å². The average molecular weight is 341 g/mol. The molecular formula is C17H16FN5O2. The largest absolute Gasteiger partial charge is 0.360 e. The molecule has 2 aromatic heterocycles. The number of nitrogens with zero attached hydrogens (tertiary/aromatic N) is 3. The number of nitrogens with one attached hydrogen (secondary N) is 2. The number of hydrogen-bond acceptors (Lipinski definition) is 6. The van der Waals surface area contributed by atoms with Crippen LogP contribution >= 0.6 is 0 Å². The smallest absolute Gasteiger partial charge is 0.270 e. The molecule has 3 aromatic rings. The number of aromatic nitrogens is 3. The molecule has 128 valence electrons. The van der Waals surface area contributed by atoms with Gasteiger partial charge in [0, 0.05) is 18.8 Å². The Bertz CT molecular complexity index is 881. The van der Waals surface area contributed by atoms with Crippen LogP contribution in [0.2, 0.25) is 0 Å². The summed E-state index contributed by atoms with van der Waals surface area (Å²) < 4.78 is 18.5. The molecular weight excluding hydrogens is 325 g/mol. The summed E-state index contributed by atoms with van der Waals surface area (Å²) in [5, 5.41) is 9.34. The van der Waals surface area contributed by atoms with Crippen molar-refractivity contribution in [2.45, 2.75) is 13.3 Å². The molecule has 0 aliphatic heterocycles. The van der Waals surface area contributed by atoms with E-state index >= 15 is 0 Å². The van der Waals surface area contributed by atoms with E-state index in [1.165, 1.54) is 18.3 Å². The van der Waals surface area contributed by atoms with Gasteiger partial charge in [-0.3, -0.25) is 4.79 Å². The molecule has 25 heavy (non-hydrogen) atoms. The maximum Gasteiger partial charge on any atom is 0.270 e. The zero-order valence-electron chi connectivity index (χ0n) is 13.5. The van der Waals surface area contributed by atoms with Gasteiger partial charge in [-0.2, -0.15) is 0 Å². The maximum absolute atomic E-state index is 13.5. The molecule has 0 unspecified atom stereocenters. The number of hydrogen-bond donors (Lipinski definition) is 2. The van der Waals surface area contributed by atoms with E-state index in [9.17, 15) is 9.18 Å². The summed E-state index contributed by atoms with van der Waals surface area (Å²) in [4.78, 5) is 20.3. The number of rotatable bonds is 6. The lowest BCUT2D eigenvalue weighted by atomic mass is 10.1. The molecule has 3 rings (SSSR count). The maximum atomic E-state index is 13.5. The van der Waals surface area contributed by atoms with Gasteiger partial charge in [0.05, 0.1) is 0 Å². The van der Waals surface area contributed by atoms with Gasteiger partial charge in [-0.15, -0.1) is 0 Å². The number of anilines is 2. The first-order chi connectivity index (χ1) is 12.1. The van der Waals surface area contributed by atoms with Crippen molar-refractivity contribution in [2.24, 2.45) is 0 Å². The number of benzene rings is 1. The van der Waals surface area contributed by atoms with E-state index in [0.29, 0.717) is 30.1 Å². The summed E-state index contributed by atoms with van der Waals surface area (Å²) in [6, 6.07) is 9.65. The highest BCUT2D eigenvalue weighted by molar-refractivity contribution is 5.92. The standard InChI is InChI=1S/C17H16FN5O2/c1-11-10-15(23-25-11)22-17-20-9-7-14(21-17)16(24)19-8-6-12-4-2-3-5-13(12)18/h2-5,7,9-10H,6,8H2,1H3,(H,19,24)(H,20,21,22,23). The molecule has 0 aliphatic rings. The third-order valence-corrected chi connectivity index (χ3v) is 3.39. The second kappa shape index (κ2) is 7.52. The highest BCUT2D eigenvalue weighted by Gasteiger charge is 2.10. The van der Waals surface area contributed by atoms with Crippen LogP contribution in [0.4, 0.5) is 16.2 Å². The van der Waals surface area contributed by atoms with Crippen LogP contribution in [0.3, 0.4) is 0 Å². The van der Waals surface area contributed by atoms with Gasteiger partial charge in [-0.1, -0.05) is 23.4 Å². The van der Waals surface area contributed by atoms with Crippen LogP contribution < -0.4 is 10.6 Å². The molecule has 0 aliphatic carbocycles. The Kier molecular flexibility index (Phi) is 4.98. The Morgan fingerprint density at radius 2 is 2.12 bits per heavy atom. The quantitative estimate of drug-likeness (QED) is 0.716. The van der Waals surface area contributed by atoms with Gasteiger partial charge in [0.25, 0.3) is 5.91 Å². The number of halogens is 1. The van der Waals surface area contributed by atoms with Crippen molar-refractivity contribution >= 4 is 17.7 Å². The van der Waals surface area contributed by atoms with Crippen LogP contribution in [0.15, 0.2) is 47.1 Å². The molecule has 2 N–H and O–H groups in total. The van der Waals surface area contributed by atoms with Crippen molar-refractivity contribution in [1.29, 1.82) is 0 Å². The molecule has 1 amide bonds. The van der Waals surface area contributed by atoms with Crippen molar-refractivity contribution in [3.8, 4) is 0 Å². The molecule has 2 heterocycles. The summed E-state index contributed by atoms with van der Waals surface area (Å²) in [6.07, 6.45) is 1.86. The minimum Gasteiger partial charge on any atom is -0.360 e. The van der Waals surface area contributed by atoms with Crippen molar-refractivity contribution in [3.05, 3.63) is 65.4 Å². The predicted octanol–water partition coefficient (Wildman–Crippen LogP) is 2.63. The van der Waals surface area contributed by atoms with E-state index < -0.39 is 0 Å². The molecule has 0 saturated heterocycles. The number of amides is 1. The molecule has 0 fully saturated rings. The highest BCUT2D eigenvalue weighted by Crippen LogP contribution is 2.12. The third-order valence-electron chi connectivity index (χ3n) is 3.39. The zero-order valence-corrected chi connectivity index (χ0v) is 13.5. The zero-order chi connectivity index (χ0) is 17.6. The summed E-state index contributed by atoms with van der Waals surface area (Å²) in [5.41, 5.74) is 0.750. The lowest BCUT2D eigenvalue weighted by Gasteiger charge is -2.07. The van der Waals surface area contributed by atoms with Crippen LogP contribution in [0.25, 0.3) is 0 Å². The van der Waals surface area contributed by atoms with E-state index in [2.05, 4.69) is 25.8 Å². The number of aryl methyl sites for hydroxylation is 1. The van der Waals surface area contributed by atoms with Gasteiger partial charge < -0.3 is 15.2 Å². The number of carbonyl (C=O) groups is 1. The first-order valence-corrected chi connectivity index (χ1v) is 7.67. The van der Waals surface area contributed by atoms with Gasteiger partial charge in [0.2, 0.25) is 5.95 Å². The predicted molar refractivity (Wildman–Crippen MR) is 89.0 cm³/mol.